The number of rotatable bonds is 3. The van der Waals surface area contributed by atoms with Crippen molar-refractivity contribution in [1.82, 2.24) is 5.32 Å². The van der Waals surface area contributed by atoms with Gasteiger partial charge in [0, 0.05) is 24.1 Å². The largest absolute Gasteiger partial charge is 0.416 e. The summed E-state index contributed by atoms with van der Waals surface area (Å²) in [6, 6.07) is 4.20. The zero-order chi connectivity index (χ0) is 14.8. The molecule has 2 rings (SSSR count). The summed E-state index contributed by atoms with van der Waals surface area (Å²) in [4.78, 5) is 1.99. The van der Waals surface area contributed by atoms with E-state index >= 15 is 0 Å². The van der Waals surface area contributed by atoms with Crippen LogP contribution in [0.4, 0.5) is 18.9 Å². The van der Waals surface area contributed by atoms with Gasteiger partial charge in [-0.05, 0) is 53.5 Å². The van der Waals surface area contributed by atoms with Gasteiger partial charge in [0.05, 0.1) is 11.3 Å². The maximum atomic E-state index is 12.6. The van der Waals surface area contributed by atoms with Gasteiger partial charge in [0.1, 0.15) is 0 Å². The smallest absolute Gasteiger partial charge is 0.372 e. The van der Waals surface area contributed by atoms with Crippen molar-refractivity contribution < 1.29 is 13.2 Å². The van der Waals surface area contributed by atoms with Gasteiger partial charge in [-0.1, -0.05) is 6.42 Å². The van der Waals surface area contributed by atoms with Gasteiger partial charge in [-0.25, -0.2) is 0 Å². The van der Waals surface area contributed by atoms with E-state index in [1.165, 1.54) is 18.9 Å². The Morgan fingerprint density at radius 3 is 2.65 bits per heavy atom. The molecule has 112 valence electrons. The number of alkyl halides is 3. The summed E-state index contributed by atoms with van der Waals surface area (Å²) in [6.45, 7) is 1.82. The molecule has 1 aliphatic heterocycles. The van der Waals surface area contributed by atoms with Crippen LogP contribution in [-0.4, -0.2) is 26.2 Å². The van der Waals surface area contributed by atoms with Crippen LogP contribution in [-0.2, 0) is 6.18 Å². The Morgan fingerprint density at radius 1 is 1.35 bits per heavy atom. The summed E-state index contributed by atoms with van der Waals surface area (Å²) in [5.41, 5.74) is 0.155. The van der Waals surface area contributed by atoms with Gasteiger partial charge in [-0.2, -0.15) is 13.2 Å². The van der Waals surface area contributed by atoms with E-state index in [1.807, 2.05) is 11.9 Å². The molecule has 2 nitrogen and oxygen atoms in total. The van der Waals surface area contributed by atoms with Crippen molar-refractivity contribution in [2.75, 3.05) is 25.0 Å². The van der Waals surface area contributed by atoms with Crippen molar-refractivity contribution in [2.24, 2.45) is 0 Å². The Morgan fingerprint density at radius 2 is 2.10 bits per heavy atom. The highest BCUT2D eigenvalue weighted by atomic mass is 79.9. The maximum absolute atomic E-state index is 12.6. The Bertz CT molecular complexity index is 456. The van der Waals surface area contributed by atoms with E-state index in [4.69, 9.17) is 0 Å². The molecular weight excluding hydrogens is 333 g/mol. The summed E-state index contributed by atoms with van der Waals surface area (Å²) >= 11 is 3.24. The van der Waals surface area contributed by atoms with Crippen LogP contribution in [0.15, 0.2) is 22.7 Å². The molecule has 0 saturated carbocycles. The molecule has 0 aliphatic carbocycles. The fourth-order valence-corrected chi connectivity index (χ4v) is 3.18. The molecule has 1 unspecified atom stereocenters. The van der Waals surface area contributed by atoms with Crippen LogP contribution in [0, 0.1) is 0 Å². The van der Waals surface area contributed by atoms with Gasteiger partial charge in [-0.15, -0.1) is 0 Å². The third kappa shape index (κ3) is 3.88. The number of piperidine rings is 1. The first kappa shape index (κ1) is 15.6. The number of likely N-dealkylation sites (N-methyl/N-ethyl adjacent to an activating group) is 1. The van der Waals surface area contributed by atoms with Crippen molar-refractivity contribution in [3.05, 3.63) is 28.2 Å². The average molecular weight is 351 g/mol. The fourth-order valence-electron chi connectivity index (χ4n) is 2.50. The van der Waals surface area contributed by atoms with Crippen molar-refractivity contribution in [2.45, 2.75) is 31.5 Å². The zero-order valence-electron chi connectivity index (χ0n) is 11.3. The average Bonchev–Trinajstić information content (AvgIpc) is 2.38. The highest BCUT2D eigenvalue weighted by molar-refractivity contribution is 9.10. The lowest BCUT2D eigenvalue weighted by Gasteiger charge is -2.30. The number of hydrogen-bond acceptors (Lipinski definition) is 2. The van der Waals surface area contributed by atoms with Crippen LogP contribution in [0.25, 0.3) is 0 Å². The molecule has 0 spiro atoms. The Labute approximate surface area is 125 Å². The minimum absolute atomic E-state index is 0.406. The first-order chi connectivity index (χ1) is 9.38. The predicted octanol–water partition coefficient (Wildman–Crippen LogP) is 4.05. The second-order valence-electron chi connectivity index (χ2n) is 5.19. The lowest BCUT2D eigenvalue weighted by Crippen LogP contribution is -2.42. The van der Waals surface area contributed by atoms with Crippen molar-refractivity contribution in [3.63, 3.8) is 0 Å². The lowest BCUT2D eigenvalue weighted by atomic mass is 10.0. The minimum Gasteiger partial charge on any atom is -0.372 e. The van der Waals surface area contributed by atoms with E-state index in [1.54, 1.807) is 0 Å². The number of hydrogen-bond donors (Lipinski definition) is 1. The predicted molar refractivity (Wildman–Crippen MR) is 78.1 cm³/mol. The third-order valence-corrected chi connectivity index (χ3v) is 4.23. The van der Waals surface area contributed by atoms with Gasteiger partial charge < -0.3 is 10.2 Å². The summed E-state index contributed by atoms with van der Waals surface area (Å²) < 4.78 is 38.4. The maximum Gasteiger partial charge on any atom is 0.416 e. The molecule has 20 heavy (non-hydrogen) atoms. The monoisotopic (exact) mass is 350 g/mol. The number of halogens is 4. The van der Waals surface area contributed by atoms with E-state index in [0.717, 1.165) is 37.3 Å². The van der Waals surface area contributed by atoms with E-state index in [0.29, 0.717) is 10.5 Å². The van der Waals surface area contributed by atoms with Gasteiger partial charge in [0.25, 0.3) is 0 Å². The first-order valence-corrected chi connectivity index (χ1v) is 7.48. The van der Waals surface area contributed by atoms with Gasteiger partial charge in [0.15, 0.2) is 0 Å². The molecule has 1 saturated heterocycles. The number of benzene rings is 1. The highest BCUT2D eigenvalue weighted by Crippen LogP contribution is 2.35. The SMILES string of the molecule is CN(CC1CCCCN1)c1ccc(C(F)(F)F)cc1Br. The quantitative estimate of drug-likeness (QED) is 0.884. The van der Waals surface area contributed by atoms with E-state index in [2.05, 4.69) is 21.2 Å². The molecule has 1 atom stereocenters. The van der Waals surface area contributed by atoms with E-state index < -0.39 is 11.7 Å². The molecule has 0 amide bonds. The zero-order valence-corrected chi connectivity index (χ0v) is 12.9. The Hall–Kier alpha value is -0.750. The lowest BCUT2D eigenvalue weighted by molar-refractivity contribution is -0.137. The summed E-state index contributed by atoms with van der Waals surface area (Å²) in [7, 11) is 1.91. The van der Waals surface area contributed by atoms with Crippen LogP contribution in [0.3, 0.4) is 0 Å². The molecule has 0 aromatic heterocycles. The molecule has 0 radical (unpaired) electrons. The van der Waals surface area contributed by atoms with Crippen LogP contribution in [0.5, 0.6) is 0 Å². The molecule has 1 aromatic rings. The molecule has 1 fully saturated rings. The normalized spacial score (nSPS) is 19.9. The molecule has 1 heterocycles. The molecular formula is C14H18BrF3N2. The standard InChI is InChI=1S/C14H18BrF3N2/c1-20(9-11-4-2-3-7-19-11)13-6-5-10(8-12(13)15)14(16,17)18/h5-6,8,11,19H,2-4,7,9H2,1H3. The Kier molecular flexibility index (Phi) is 4.96. The summed E-state index contributed by atoms with van der Waals surface area (Å²) in [5, 5.41) is 3.44. The summed E-state index contributed by atoms with van der Waals surface area (Å²) in [5.74, 6) is 0. The van der Waals surface area contributed by atoms with Crippen LogP contribution >= 0.6 is 15.9 Å². The number of anilines is 1. The molecule has 1 aliphatic rings. The summed E-state index contributed by atoms with van der Waals surface area (Å²) in [6.07, 6.45) is -0.781. The third-order valence-electron chi connectivity index (χ3n) is 3.59. The fraction of sp³-hybridized carbons (Fsp3) is 0.571. The number of nitrogens with zero attached hydrogens (tertiary/aromatic N) is 1. The molecule has 0 bridgehead atoms. The molecule has 1 aromatic carbocycles. The van der Waals surface area contributed by atoms with Gasteiger partial charge in [0.2, 0.25) is 0 Å². The number of nitrogens with one attached hydrogen (secondary N) is 1. The minimum atomic E-state index is -4.30. The van der Waals surface area contributed by atoms with Crippen molar-refractivity contribution in [3.8, 4) is 0 Å². The van der Waals surface area contributed by atoms with Gasteiger partial charge >= 0.3 is 6.18 Å². The van der Waals surface area contributed by atoms with Crippen LogP contribution < -0.4 is 10.2 Å². The van der Waals surface area contributed by atoms with Crippen LogP contribution in [0.2, 0.25) is 0 Å². The van der Waals surface area contributed by atoms with E-state index in [9.17, 15) is 13.2 Å². The van der Waals surface area contributed by atoms with Gasteiger partial charge in [-0.3, -0.25) is 0 Å². The van der Waals surface area contributed by atoms with E-state index in [-0.39, 0.29) is 0 Å². The topological polar surface area (TPSA) is 15.3 Å². The van der Waals surface area contributed by atoms with Crippen LogP contribution in [0.1, 0.15) is 24.8 Å². The second-order valence-corrected chi connectivity index (χ2v) is 6.05. The second kappa shape index (κ2) is 6.35. The molecule has 6 heteroatoms. The van der Waals surface area contributed by atoms with Crippen molar-refractivity contribution in [1.29, 1.82) is 0 Å². The molecule has 1 N–H and O–H groups in total. The Balaban J connectivity index is 2.07. The first-order valence-electron chi connectivity index (χ1n) is 6.69. The van der Waals surface area contributed by atoms with Crippen molar-refractivity contribution >= 4 is 21.6 Å². The highest BCUT2D eigenvalue weighted by Gasteiger charge is 2.31.